The van der Waals surface area contributed by atoms with Gasteiger partial charge in [-0.05, 0) is 6.92 Å². The number of hydrogen-bond donors (Lipinski definition) is 1. The van der Waals surface area contributed by atoms with Crippen LogP contribution in [0.15, 0.2) is 0 Å². The van der Waals surface area contributed by atoms with Gasteiger partial charge in [-0.2, -0.15) is 0 Å². The first-order valence-electron chi connectivity index (χ1n) is 5.53. The summed E-state index contributed by atoms with van der Waals surface area (Å²) in [6.45, 7) is 1.60. The van der Waals surface area contributed by atoms with Crippen molar-refractivity contribution < 1.29 is 33.4 Å². The average molecular weight is 275 g/mol. The van der Waals surface area contributed by atoms with E-state index in [1.807, 2.05) is 0 Å². The van der Waals surface area contributed by atoms with Crippen LogP contribution >= 0.6 is 0 Å². The van der Waals surface area contributed by atoms with E-state index in [1.54, 1.807) is 0 Å². The molecule has 19 heavy (non-hydrogen) atoms. The first-order valence-corrected chi connectivity index (χ1v) is 5.53. The van der Waals surface area contributed by atoms with E-state index < -0.39 is 30.7 Å². The molecule has 0 saturated carbocycles. The summed E-state index contributed by atoms with van der Waals surface area (Å²) in [5, 5.41) is 0. The van der Waals surface area contributed by atoms with Gasteiger partial charge in [0.25, 0.3) is 0 Å². The lowest BCUT2D eigenvalue weighted by molar-refractivity contribution is -0.167. The van der Waals surface area contributed by atoms with Crippen LogP contribution in [0.2, 0.25) is 0 Å². The highest BCUT2D eigenvalue weighted by Crippen LogP contribution is 1.96. The Morgan fingerprint density at radius 2 is 1.63 bits per heavy atom. The lowest BCUT2D eigenvalue weighted by atomic mass is 10.2. The monoisotopic (exact) mass is 275 g/mol. The Morgan fingerprint density at radius 1 is 1.00 bits per heavy atom. The maximum atomic E-state index is 11.2. The molecule has 0 aliphatic rings. The van der Waals surface area contributed by atoms with Gasteiger partial charge in [0.05, 0.1) is 6.42 Å². The number of hydrogen-bond acceptors (Lipinski definition) is 8. The van der Waals surface area contributed by atoms with Gasteiger partial charge in [-0.15, -0.1) is 0 Å². The molecule has 0 saturated heterocycles. The normalized spacial score (nSPS) is 11.3. The predicted octanol–water partition coefficient (Wildman–Crippen LogP) is -0.710. The van der Waals surface area contributed by atoms with Crippen LogP contribution in [0, 0.1) is 0 Å². The van der Waals surface area contributed by atoms with E-state index in [2.05, 4.69) is 14.2 Å². The minimum Gasteiger partial charge on any atom is -0.463 e. The molecule has 0 aliphatic heterocycles. The molecular weight excluding hydrogens is 258 g/mol. The number of ketones is 1. The number of rotatable bonds is 8. The molecular formula is C11H17NO7. The van der Waals surface area contributed by atoms with Crippen molar-refractivity contribution in [1.82, 2.24) is 0 Å². The van der Waals surface area contributed by atoms with Crippen LogP contribution in [0.4, 0.5) is 0 Å². The van der Waals surface area contributed by atoms with Crippen molar-refractivity contribution >= 4 is 23.7 Å². The second-order valence-electron chi connectivity index (χ2n) is 3.71. The smallest absolute Gasteiger partial charge is 0.329 e. The number of esters is 3. The quantitative estimate of drug-likeness (QED) is 0.455. The third-order valence-corrected chi connectivity index (χ3v) is 1.87. The zero-order valence-electron chi connectivity index (χ0n) is 10.8. The van der Waals surface area contributed by atoms with Gasteiger partial charge in [0.2, 0.25) is 6.79 Å². The molecule has 0 fully saturated rings. The Kier molecular flexibility index (Phi) is 8.10. The summed E-state index contributed by atoms with van der Waals surface area (Å²) in [6, 6.07) is -1.17. The van der Waals surface area contributed by atoms with Crippen LogP contribution in [-0.2, 0) is 33.4 Å². The highest BCUT2D eigenvalue weighted by Gasteiger charge is 2.17. The van der Waals surface area contributed by atoms with Crippen molar-refractivity contribution in [2.45, 2.75) is 32.7 Å². The van der Waals surface area contributed by atoms with Gasteiger partial charge < -0.3 is 24.7 Å². The first kappa shape index (κ1) is 17.0. The fraction of sp³-hybridized carbons (Fsp3) is 0.636. The predicted molar refractivity (Wildman–Crippen MR) is 61.6 cm³/mol. The molecule has 108 valence electrons. The SMILES string of the molecule is CC(=O)CCC(=O)OC[C@@H](N)C(=O)OCOC(C)=O. The summed E-state index contributed by atoms with van der Waals surface area (Å²) in [7, 11) is 0. The second-order valence-corrected chi connectivity index (χ2v) is 3.71. The number of nitrogens with two attached hydrogens (primary N) is 1. The standard InChI is InChI=1S/C11H17NO7/c1-7(13)3-4-10(15)17-5-9(12)11(16)19-6-18-8(2)14/h9H,3-6,12H2,1-2H3/t9-/m1/s1. The summed E-state index contributed by atoms with van der Waals surface area (Å²) in [5.41, 5.74) is 5.38. The van der Waals surface area contributed by atoms with Crippen molar-refractivity contribution in [3.63, 3.8) is 0 Å². The van der Waals surface area contributed by atoms with Crippen LogP contribution in [0.3, 0.4) is 0 Å². The Balaban J connectivity index is 3.80. The molecule has 0 radical (unpaired) electrons. The van der Waals surface area contributed by atoms with Gasteiger partial charge in [0.15, 0.2) is 0 Å². The topological polar surface area (TPSA) is 122 Å². The van der Waals surface area contributed by atoms with E-state index >= 15 is 0 Å². The van der Waals surface area contributed by atoms with Crippen LogP contribution in [0.1, 0.15) is 26.7 Å². The third kappa shape index (κ3) is 9.72. The van der Waals surface area contributed by atoms with Gasteiger partial charge in [0, 0.05) is 13.3 Å². The van der Waals surface area contributed by atoms with Crippen molar-refractivity contribution in [1.29, 1.82) is 0 Å². The Hall–Kier alpha value is -1.96. The second kappa shape index (κ2) is 9.03. The Labute approximate surface area is 110 Å². The molecule has 0 amide bonds. The summed E-state index contributed by atoms with van der Waals surface area (Å²) < 4.78 is 13.5. The summed E-state index contributed by atoms with van der Waals surface area (Å²) >= 11 is 0. The van der Waals surface area contributed by atoms with Crippen molar-refractivity contribution in [2.24, 2.45) is 5.73 Å². The number of ether oxygens (including phenoxy) is 3. The first-order chi connectivity index (χ1) is 8.82. The molecule has 8 nitrogen and oxygen atoms in total. The van der Waals surface area contributed by atoms with Crippen molar-refractivity contribution in [3.8, 4) is 0 Å². The van der Waals surface area contributed by atoms with Crippen LogP contribution in [0.25, 0.3) is 0 Å². The van der Waals surface area contributed by atoms with Gasteiger partial charge in [-0.3, -0.25) is 14.4 Å². The number of carbonyl (C=O) groups is 4. The zero-order valence-corrected chi connectivity index (χ0v) is 10.8. The molecule has 0 aromatic heterocycles. The van der Waals surface area contributed by atoms with Gasteiger partial charge in [-0.25, -0.2) is 0 Å². The Bertz CT molecular complexity index is 353. The summed E-state index contributed by atoms with van der Waals surface area (Å²) in [5.74, 6) is -2.22. The van der Waals surface area contributed by atoms with Gasteiger partial charge in [0.1, 0.15) is 18.4 Å². The number of carbonyl (C=O) groups excluding carboxylic acids is 4. The highest BCUT2D eigenvalue weighted by atomic mass is 16.7. The van der Waals surface area contributed by atoms with E-state index in [0.717, 1.165) is 6.92 Å². The zero-order chi connectivity index (χ0) is 14.8. The van der Waals surface area contributed by atoms with E-state index in [9.17, 15) is 19.2 Å². The maximum absolute atomic E-state index is 11.2. The minimum atomic E-state index is -1.17. The molecule has 0 spiro atoms. The van der Waals surface area contributed by atoms with Crippen LogP contribution < -0.4 is 5.73 Å². The molecule has 0 aliphatic carbocycles. The summed E-state index contributed by atoms with van der Waals surface area (Å²) in [4.78, 5) is 43.4. The molecule has 0 heterocycles. The van der Waals surface area contributed by atoms with Crippen molar-refractivity contribution in [3.05, 3.63) is 0 Å². The average Bonchev–Trinajstić information content (AvgIpc) is 2.32. The molecule has 0 aromatic rings. The van der Waals surface area contributed by atoms with E-state index in [-0.39, 0.29) is 25.2 Å². The highest BCUT2D eigenvalue weighted by molar-refractivity contribution is 5.81. The Morgan fingerprint density at radius 3 is 2.16 bits per heavy atom. The molecule has 1 atom stereocenters. The molecule has 0 bridgehead atoms. The van der Waals surface area contributed by atoms with Gasteiger partial charge >= 0.3 is 17.9 Å². The van der Waals surface area contributed by atoms with E-state index in [1.165, 1.54) is 6.92 Å². The number of Topliss-reactive ketones (excluding diaryl/α,β-unsaturated/α-hetero) is 1. The fourth-order valence-corrected chi connectivity index (χ4v) is 0.879. The molecule has 0 aromatic carbocycles. The van der Waals surface area contributed by atoms with Gasteiger partial charge in [-0.1, -0.05) is 0 Å². The van der Waals surface area contributed by atoms with E-state index in [0.29, 0.717) is 0 Å². The maximum Gasteiger partial charge on any atom is 0.329 e. The lowest BCUT2D eigenvalue weighted by Gasteiger charge is -2.11. The summed E-state index contributed by atoms with van der Waals surface area (Å²) in [6.07, 6.45) is 0.00944. The lowest BCUT2D eigenvalue weighted by Crippen LogP contribution is -2.38. The van der Waals surface area contributed by atoms with Crippen LogP contribution in [0.5, 0.6) is 0 Å². The third-order valence-electron chi connectivity index (χ3n) is 1.87. The fourth-order valence-electron chi connectivity index (χ4n) is 0.879. The van der Waals surface area contributed by atoms with Crippen LogP contribution in [-0.4, -0.2) is 43.1 Å². The molecule has 2 N–H and O–H groups in total. The van der Waals surface area contributed by atoms with Crippen molar-refractivity contribution in [2.75, 3.05) is 13.4 Å². The molecule has 0 unspecified atom stereocenters. The minimum absolute atomic E-state index is 0.0649. The van der Waals surface area contributed by atoms with E-state index in [4.69, 9.17) is 5.73 Å². The molecule has 0 rings (SSSR count). The largest absolute Gasteiger partial charge is 0.463 e. The molecule has 8 heteroatoms.